The zero-order chi connectivity index (χ0) is 41.3. The molecule has 0 saturated heterocycles. The molecule has 0 heterocycles. The van der Waals surface area contributed by atoms with Gasteiger partial charge in [-0.2, -0.15) is 0 Å². The monoisotopic (exact) mass is 791 g/mol. The van der Waals surface area contributed by atoms with E-state index in [1.165, 1.54) is 103 Å². The first-order valence-corrected chi connectivity index (χ1v) is 23.5. The molecular formula is C48H90N2O6. The van der Waals surface area contributed by atoms with Crippen LogP contribution in [0.5, 0.6) is 0 Å². The molecular weight excluding hydrogens is 701 g/mol. The van der Waals surface area contributed by atoms with Gasteiger partial charge in [-0.05, 0) is 91.9 Å². The Morgan fingerprint density at radius 3 is 1.30 bits per heavy atom. The van der Waals surface area contributed by atoms with Crippen LogP contribution in [0.15, 0.2) is 24.3 Å². The maximum Gasteiger partial charge on any atom is 0.407 e. The van der Waals surface area contributed by atoms with Crippen molar-refractivity contribution >= 4 is 18.0 Å². The maximum absolute atomic E-state index is 12.7. The van der Waals surface area contributed by atoms with E-state index in [9.17, 15) is 14.4 Å². The van der Waals surface area contributed by atoms with Gasteiger partial charge in [-0.1, -0.05) is 141 Å². The molecule has 1 N–H and O–H groups in total. The van der Waals surface area contributed by atoms with Crippen molar-refractivity contribution in [3.8, 4) is 0 Å². The second-order valence-corrected chi connectivity index (χ2v) is 16.4. The molecule has 1 unspecified atom stereocenters. The second kappa shape index (κ2) is 40.8. The average molecular weight is 791 g/mol. The lowest BCUT2D eigenvalue weighted by Crippen LogP contribution is -2.43. The summed E-state index contributed by atoms with van der Waals surface area (Å²) in [6.07, 6.45) is 39.6. The zero-order valence-corrected chi connectivity index (χ0v) is 37.6. The van der Waals surface area contributed by atoms with Crippen molar-refractivity contribution in [1.29, 1.82) is 0 Å². The smallest absolute Gasteiger partial charge is 0.407 e. The van der Waals surface area contributed by atoms with Crippen LogP contribution in [-0.2, 0) is 23.8 Å². The Hall–Kier alpha value is -2.35. The maximum atomic E-state index is 12.7. The van der Waals surface area contributed by atoms with Gasteiger partial charge in [0.2, 0.25) is 0 Å². The average Bonchev–Trinajstić information content (AvgIpc) is 3.17. The van der Waals surface area contributed by atoms with Crippen LogP contribution < -0.4 is 5.32 Å². The quantitative estimate of drug-likeness (QED) is 0.0286. The standard InChI is InChI=1S/C48H90N2O6/c1-7-9-11-13-15-17-19-21-23-25-27-29-31-33-35-37-46(51)54-41-45(42-55-48(53)49-39-40-50(43(3)4)44(5)6)56-47(52)38-36-34-32-30-28-26-24-22-20-18-16-14-12-10-8-2/h21-24,43-45H,7-20,25-42H2,1-6H3,(H,49,53)/b23-21-,24-22-. The Balaban J connectivity index is 4.43. The van der Waals surface area contributed by atoms with Gasteiger partial charge in [0.25, 0.3) is 0 Å². The highest BCUT2D eigenvalue weighted by atomic mass is 16.6. The fraction of sp³-hybridized carbons (Fsp3) is 0.854. The van der Waals surface area contributed by atoms with Gasteiger partial charge < -0.3 is 19.5 Å². The largest absolute Gasteiger partial charge is 0.462 e. The molecule has 0 aromatic carbocycles. The van der Waals surface area contributed by atoms with Gasteiger partial charge in [0.15, 0.2) is 6.10 Å². The van der Waals surface area contributed by atoms with E-state index < -0.39 is 12.2 Å². The third-order valence-electron chi connectivity index (χ3n) is 10.4. The lowest BCUT2D eigenvalue weighted by atomic mass is 10.1. The molecule has 0 rings (SSSR count). The van der Waals surface area contributed by atoms with E-state index in [-0.39, 0.29) is 25.2 Å². The minimum atomic E-state index is -0.836. The van der Waals surface area contributed by atoms with Gasteiger partial charge in [0, 0.05) is 38.0 Å². The summed E-state index contributed by atoms with van der Waals surface area (Å²) in [6.45, 7) is 13.9. The molecule has 0 saturated carbocycles. The van der Waals surface area contributed by atoms with Crippen LogP contribution in [0.4, 0.5) is 4.79 Å². The molecule has 0 bridgehead atoms. The van der Waals surface area contributed by atoms with Crippen LogP contribution in [0.25, 0.3) is 0 Å². The molecule has 1 amide bonds. The highest BCUT2D eigenvalue weighted by molar-refractivity contribution is 5.70. The van der Waals surface area contributed by atoms with Gasteiger partial charge in [0.1, 0.15) is 13.2 Å². The third kappa shape index (κ3) is 37.2. The molecule has 56 heavy (non-hydrogen) atoms. The van der Waals surface area contributed by atoms with Crippen molar-refractivity contribution in [1.82, 2.24) is 10.2 Å². The number of ether oxygens (including phenoxy) is 3. The lowest BCUT2D eigenvalue weighted by molar-refractivity contribution is -0.161. The molecule has 0 spiro atoms. The third-order valence-corrected chi connectivity index (χ3v) is 10.4. The van der Waals surface area contributed by atoms with Crippen molar-refractivity contribution < 1.29 is 28.6 Å². The normalized spacial score (nSPS) is 12.4. The van der Waals surface area contributed by atoms with Gasteiger partial charge in [-0.15, -0.1) is 0 Å². The summed E-state index contributed by atoms with van der Waals surface area (Å²) in [5, 5.41) is 2.79. The molecule has 0 aromatic heterocycles. The SMILES string of the molecule is CCCCCCCC/C=C\CCCCCCCC(=O)OCC(COC(=O)NCCN(C(C)C)C(C)C)OC(=O)CCCCCCC/C=C\CCCCCCCC. The van der Waals surface area contributed by atoms with Crippen LogP contribution in [0.3, 0.4) is 0 Å². The fourth-order valence-corrected chi connectivity index (χ4v) is 6.92. The zero-order valence-electron chi connectivity index (χ0n) is 37.6. The van der Waals surface area contributed by atoms with Gasteiger partial charge in [-0.3, -0.25) is 14.5 Å². The molecule has 0 fully saturated rings. The van der Waals surface area contributed by atoms with E-state index in [4.69, 9.17) is 14.2 Å². The minimum Gasteiger partial charge on any atom is -0.462 e. The lowest BCUT2D eigenvalue weighted by Gasteiger charge is -2.30. The highest BCUT2D eigenvalue weighted by Gasteiger charge is 2.20. The van der Waals surface area contributed by atoms with Crippen molar-refractivity contribution in [3.63, 3.8) is 0 Å². The van der Waals surface area contributed by atoms with Crippen molar-refractivity contribution in [3.05, 3.63) is 24.3 Å². The summed E-state index contributed by atoms with van der Waals surface area (Å²) in [7, 11) is 0. The van der Waals surface area contributed by atoms with E-state index in [0.29, 0.717) is 38.0 Å². The van der Waals surface area contributed by atoms with E-state index in [2.05, 4.69) is 76.1 Å². The Bertz CT molecular complexity index is 957. The number of allylic oxidation sites excluding steroid dienone is 4. The van der Waals surface area contributed by atoms with Gasteiger partial charge in [-0.25, -0.2) is 4.79 Å². The number of amides is 1. The highest BCUT2D eigenvalue weighted by Crippen LogP contribution is 2.13. The number of rotatable bonds is 40. The fourth-order valence-electron chi connectivity index (χ4n) is 6.92. The Kier molecular flexibility index (Phi) is 39.1. The second-order valence-electron chi connectivity index (χ2n) is 16.4. The molecule has 328 valence electrons. The summed E-state index contributed by atoms with van der Waals surface area (Å²) in [5.74, 6) is -0.665. The topological polar surface area (TPSA) is 94.2 Å². The first-order chi connectivity index (χ1) is 27.2. The number of esters is 2. The predicted octanol–water partition coefficient (Wildman–Crippen LogP) is 13.4. The van der Waals surface area contributed by atoms with E-state index in [1.54, 1.807) is 0 Å². The number of nitrogens with one attached hydrogen (secondary N) is 1. The van der Waals surface area contributed by atoms with Crippen molar-refractivity contribution in [2.75, 3.05) is 26.3 Å². The van der Waals surface area contributed by atoms with E-state index >= 15 is 0 Å². The number of carbonyl (C=O) groups excluding carboxylic acids is 3. The predicted molar refractivity (Wildman–Crippen MR) is 236 cm³/mol. The van der Waals surface area contributed by atoms with Crippen LogP contribution in [0.2, 0.25) is 0 Å². The molecule has 0 radical (unpaired) electrons. The Morgan fingerprint density at radius 2 is 0.875 bits per heavy atom. The number of hydrogen-bond acceptors (Lipinski definition) is 7. The number of carbonyl (C=O) groups is 3. The molecule has 1 atom stereocenters. The summed E-state index contributed by atoms with van der Waals surface area (Å²) in [5.41, 5.74) is 0. The molecule has 0 aliphatic heterocycles. The van der Waals surface area contributed by atoms with Gasteiger partial charge >= 0.3 is 18.0 Å². The molecule has 8 nitrogen and oxygen atoms in total. The molecule has 0 aliphatic carbocycles. The minimum absolute atomic E-state index is 0.121. The van der Waals surface area contributed by atoms with Crippen LogP contribution in [-0.4, -0.2) is 67.4 Å². The summed E-state index contributed by atoms with van der Waals surface area (Å²) < 4.78 is 16.6. The van der Waals surface area contributed by atoms with Crippen LogP contribution in [0.1, 0.15) is 221 Å². The van der Waals surface area contributed by atoms with Gasteiger partial charge in [0.05, 0.1) is 0 Å². The van der Waals surface area contributed by atoms with Crippen molar-refractivity contribution in [2.24, 2.45) is 0 Å². The van der Waals surface area contributed by atoms with Crippen LogP contribution in [0, 0.1) is 0 Å². The first-order valence-electron chi connectivity index (χ1n) is 23.5. The van der Waals surface area contributed by atoms with E-state index in [0.717, 1.165) is 64.2 Å². The summed E-state index contributed by atoms with van der Waals surface area (Å²) >= 11 is 0. The Morgan fingerprint density at radius 1 is 0.500 bits per heavy atom. The van der Waals surface area contributed by atoms with Crippen LogP contribution >= 0.6 is 0 Å². The molecule has 8 heteroatoms. The number of unbranched alkanes of at least 4 members (excludes halogenated alkanes) is 22. The summed E-state index contributed by atoms with van der Waals surface area (Å²) in [6, 6.07) is 0.722. The first kappa shape index (κ1) is 53.6. The van der Waals surface area contributed by atoms with E-state index in [1.807, 2.05) is 0 Å². The number of hydrogen-bond donors (Lipinski definition) is 1. The molecule has 0 aromatic rings. The summed E-state index contributed by atoms with van der Waals surface area (Å²) in [4.78, 5) is 40.1. The number of alkyl carbamates (subject to hydrolysis) is 1. The van der Waals surface area contributed by atoms with Crippen molar-refractivity contribution in [2.45, 2.75) is 240 Å². The molecule has 0 aliphatic rings. The Labute approximate surface area is 346 Å². The number of nitrogens with zero attached hydrogens (tertiary/aromatic N) is 1.